The third-order valence-electron chi connectivity index (χ3n) is 7.96. The number of hydrogen-bond acceptors (Lipinski definition) is 7. The monoisotopic (exact) mass is 514 g/mol. The van der Waals surface area contributed by atoms with Gasteiger partial charge in [0, 0.05) is 18.2 Å². The minimum Gasteiger partial charge on any atom is -0.497 e. The van der Waals surface area contributed by atoms with E-state index in [2.05, 4.69) is 55.7 Å². The summed E-state index contributed by atoms with van der Waals surface area (Å²) < 4.78 is 13.1. The first-order valence-corrected chi connectivity index (χ1v) is 13.5. The molecule has 0 aliphatic carbocycles. The van der Waals surface area contributed by atoms with Crippen LogP contribution in [0.1, 0.15) is 48.7 Å². The highest BCUT2D eigenvalue weighted by molar-refractivity contribution is 5.80. The van der Waals surface area contributed by atoms with Gasteiger partial charge < -0.3 is 14.5 Å². The first-order valence-electron chi connectivity index (χ1n) is 13.5. The van der Waals surface area contributed by atoms with Gasteiger partial charge in [-0.3, -0.25) is 9.69 Å². The summed E-state index contributed by atoms with van der Waals surface area (Å²) in [5.41, 5.74) is 2.66. The van der Waals surface area contributed by atoms with Crippen molar-refractivity contribution in [2.75, 3.05) is 26.8 Å². The summed E-state index contributed by atoms with van der Waals surface area (Å²) in [6, 6.07) is 18.1. The fourth-order valence-corrected chi connectivity index (χ4v) is 5.91. The van der Waals surface area contributed by atoms with Crippen LogP contribution in [0.3, 0.4) is 0 Å². The second-order valence-electron chi connectivity index (χ2n) is 10.4. The first-order chi connectivity index (χ1) is 18.7. The van der Waals surface area contributed by atoms with Gasteiger partial charge in [-0.1, -0.05) is 30.3 Å². The molecule has 198 valence electrons. The maximum absolute atomic E-state index is 13.5. The molecule has 2 atom stereocenters. The van der Waals surface area contributed by atoms with Crippen molar-refractivity contribution in [1.29, 1.82) is 0 Å². The van der Waals surface area contributed by atoms with E-state index < -0.39 is 0 Å². The van der Waals surface area contributed by atoms with Gasteiger partial charge in [-0.2, -0.15) is 0 Å². The molecule has 9 heteroatoms. The van der Waals surface area contributed by atoms with Crippen molar-refractivity contribution < 1.29 is 9.47 Å². The van der Waals surface area contributed by atoms with Crippen molar-refractivity contribution in [1.82, 2.24) is 30.1 Å². The molecule has 0 spiro atoms. The lowest BCUT2D eigenvalue weighted by Gasteiger charge is -2.37. The number of ether oxygens (including phenoxy) is 2. The maximum Gasteiger partial charge on any atom is 0.253 e. The van der Waals surface area contributed by atoms with Gasteiger partial charge in [-0.05, 0) is 90.7 Å². The number of nitrogens with one attached hydrogen (secondary N) is 1. The van der Waals surface area contributed by atoms with E-state index in [1.54, 1.807) is 7.11 Å². The minimum atomic E-state index is -0.348. The maximum atomic E-state index is 13.5. The van der Waals surface area contributed by atoms with Crippen molar-refractivity contribution in [2.24, 2.45) is 5.92 Å². The summed E-state index contributed by atoms with van der Waals surface area (Å²) in [5, 5.41) is 13.8. The highest BCUT2D eigenvalue weighted by Gasteiger charge is 2.34. The summed E-state index contributed by atoms with van der Waals surface area (Å²) in [6.45, 7) is 3.10. The predicted molar refractivity (Wildman–Crippen MR) is 144 cm³/mol. The highest BCUT2D eigenvalue weighted by Crippen LogP contribution is 2.32. The summed E-state index contributed by atoms with van der Waals surface area (Å²) >= 11 is 0. The van der Waals surface area contributed by atoms with Crippen LogP contribution in [-0.2, 0) is 17.7 Å². The molecule has 1 N–H and O–H groups in total. The molecule has 2 aromatic heterocycles. The van der Waals surface area contributed by atoms with Crippen LogP contribution in [0.15, 0.2) is 59.4 Å². The summed E-state index contributed by atoms with van der Waals surface area (Å²) in [6.07, 6.45) is 5.33. The van der Waals surface area contributed by atoms with Crippen molar-refractivity contribution in [3.63, 3.8) is 0 Å². The van der Waals surface area contributed by atoms with E-state index >= 15 is 0 Å². The molecule has 4 heterocycles. The molecule has 2 fully saturated rings. The zero-order chi connectivity index (χ0) is 25.9. The number of fused-ring (bicyclic) bond motifs is 1. The van der Waals surface area contributed by atoms with Crippen molar-refractivity contribution in [2.45, 2.75) is 50.8 Å². The molecule has 38 heavy (non-hydrogen) atoms. The number of methoxy groups -OCH3 is 1. The number of pyridine rings is 1. The Balaban J connectivity index is 1.32. The molecule has 4 aromatic rings. The van der Waals surface area contributed by atoms with Crippen LogP contribution in [0.5, 0.6) is 5.75 Å². The van der Waals surface area contributed by atoms with Crippen LogP contribution >= 0.6 is 0 Å². The zero-order valence-electron chi connectivity index (χ0n) is 21.8. The third-order valence-corrected chi connectivity index (χ3v) is 7.96. The lowest BCUT2D eigenvalue weighted by atomic mass is 9.89. The highest BCUT2D eigenvalue weighted by atomic mass is 16.5. The largest absolute Gasteiger partial charge is 0.497 e. The molecule has 0 saturated carbocycles. The summed E-state index contributed by atoms with van der Waals surface area (Å²) in [7, 11) is 1.62. The second kappa shape index (κ2) is 11.0. The average molecular weight is 515 g/mol. The summed E-state index contributed by atoms with van der Waals surface area (Å²) in [5.74, 6) is 2.01. The number of tetrazole rings is 1. The lowest BCUT2D eigenvalue weighted by molar-refractivity contribution is 0.0892. The number of nitrogens with zero attached hydrogens (tertiary/aromatic N) is 5. The van der Waals surface area contributed by atoms with E-state index in [-0.39, 0.29) is 17.7 Å². The SMILES string of the molecule is COc1ccc2cc(C(c3nnnn3CC3CCCO3)N3CCC(Cc4ccccc4)CC3)c(=O)[nH]c2c1. The topological polar surface area (TPSA) is 98.2 Å². The summed E-state index contributed by atoms with van der Waals surface area (Å²) in [4.78, 5) is 19.0. The standard InChI is InChI=1S/C29H34N6O3/c1-37-23-10-9-22-17-25(29(36)30-26(22)18-23)27(28-31-32-33-35(28)19-24-8-5-15-38-24)34-13-11-21(12-14-34)16-20-6-3-2-4-7-20/h2-4,6-7,9-10,17-18,21,24,27H,5,8,11-16,19H2,1H3,(H,30,36). The lowest BCUT2D eigenvalue weighted by Crippen LogP contribution is -2.41. The molecular weight excluding hydrogens is 480 g/mol. The molecule has 2 aliphatic heterocycles. The molecule has 0 bridgehead atoms. The fraction of sp³-hybridized carbons (Fsp3) is 0.448. The van der Waals surface area contributed by atoms with Crippen LogP contribution in [0.2, 0.25) is 0 Å². The Bertz CT molecular complexity index is 1420. The predicted octanol–water partition coefficient (Wildman–Crippen LogP) is 3.75. The van der Waals surface area contributed by atoms with E-state index in [4.69, 9.17) is 9.47 Å². The second-order valence-corrected chi connectivity index (χ2v) is 10.4. The zero-order valence-corrected chi connectivity index (χ0v) is 21.8. The van der Waals surface area contributed by atoms with Crippen LogP contribution in [0.4, 0.5) is 0 Å². The van der Waals surface area contributed by atoms with Crippen molar-refractivity contribution in [3.05, 3.63) is 81.9 Å². The molecule has 0 amide bonds. The number of aromatic nitrogens is 5. The van der Waals surface area contributed by atoms with Gasteiger partial charge in [0.1, 0.15) is 11.8 Å². The van der Waals surface area contributed by atoms with Gasteiger partial charge in [0.25, 0.3) is 5.56 Å². The van der Waals surface area contributed by atoms with Gasteiger partial charge in [0.15, 0.2) is 5.82 Å². The van der Waals surface area contributed by atoms with E-state index in [1.165, 1.54) is 5.56 Å². The number of rotatable bonds is 8. The first kappa shape index (κ1) is 24.8. The van der Waals surface area contributed by atoms with Crippen LogP contribution in [0, 0.1) is 5.92 Å². The van der Waals surface area contributed by atoms with Gasteiger partial charge in [0.05, 0.1) is 25.3 Å². The average Bonchev–Trinajstić information content (AvgIpc) is 3.63. The fourth-order valence-electron chi connectivity index (χ4n) is 5.91. The van der Waals surface area contributed by atoms with E-state index in [0.717, 1.165) is 62.7 Å². The number of likely N-dealkylation sites (tertiary alicyclic amines) is 1. The normalized spacial score (nSPS) is 19.7. The number of aromatic amines is 1. The van der Waals surface area contributed by atoms with Crippen LogP contribution < -0.4 is 10.3 Å². The molecule has 2 saturated heterocycles. The number of hydrogen-bond donors (Lipinski definition) is 1. The Hall–Kier alpha value is -3.56. The van der Waals surface area contributed by atoms with Crippen molar-refractivity contribution >= 4 is 10.9 Å². The third kappa shape index (κ3) is 5.21. The Morgan fingerprint density at radius 2 is 1.95 bits per heavy atom. The van der Waals surface area contributed by atoms with Gasteiger partial charge in [-0.25, -0.2) is 4.68 Å². The van der Waals surface area contributed by atoms with Gasteiger partial charge in [0.2, 0.25) is 0 Å². The molecule has 2 aliphatic rings. The van der Waals surface area contributed by atoms with E-state index in [0.29, 0.717) is 29.6 Å². The minimum absolute atomic E-state index is 0.0943. The Labute approximate surface area is 221 Å². The molecule has 2 unspecified atom stereocenters. The molecular formula is C29H34N6O3. The van der Waals surface area contributed by atoms with E-state index in [9.17, 15) is 4.79 Å². The van der Waals surface area contributed by atoms with Crippen LogP contribution in [-0.4, -0.2) is 63.0 Å². The Morgan fingerprint density at radius 3 is 2.71 bits per heavy atom. The smallest absolute Gasteiger partial charge is 0.253 e. The number of benzene rings is 2. The van der Waals surface area contributed by atoms with Crippen molar-refractivity contribution in [3.8, 4) is 5.75 Å². The van der Waals surface area contributed by atoms with Gasteiger partial charge in [-0.15, -0.1) is 5.10 Å². The number of piperidine rings is 1. The molecule has 9 nitrogen and oxygen atoms in total. The van der Waals surface area contributed by atoms with Gasteiger partial charge >= 0.3 is 0 Å². The number of H-pyrrole nitrogens is 1. The Kier molecular flexibility index (Phi) is 7.20. The van der Waals surface area contributed by atoms with Crippen LogP contribution in [0.25, 0.3) is 10.9 Å². The molecule has 0 radical (unpaired) electrons. The molecule has 2 aromatic carbocycles. The molecule has 6 rings (SSSR count). The quantitative estimate of drug-likeness (QED) is 0.382. The Morgan fingerprint density at radius 1 is 1.11 bits per heavy atom. The van der Waals surface area contributed by atoms with E-state index in [1.807, 2.05) is 28.9 Å².